The molecule has 1 aliphatic rings. The zero-order valence-electron chi connectivity index (χ0n) is 20.2. The fourth-order valence-electron chi connectivity index (χ4n) is 3.25. The number of amides is 2. The summed E-state index contributed by atoms with van der Waals surface area (Å²) in [6, 6.07) is 0. The van der Waals surface area contributed by atoms with Crippen molar-refractivity contribution in [2.45, 2.75) is 97.8 Å². The summed E-state index contributed by atoms with van der Waals surface area (Å²) in [7, 11) is -1.83. The molecular weight excluding hydrogens is 400 g/mol. The van der Waals surface area contributed by atoms with Gasteiger partial charge in [0.2, 0.25) is 11.8 Å². The van der Waals surface area contributed by atoms with E-state index in [0.717, 1.165) is 0 Å². The van der Waals surface area contributed by atoms with Gasteiger partial charge in [0.15, 0.2) is 5.82 Å². The molecule has 1 aromatic rings. The van der Waals surface area contributed by atoms with Crippen molar-refractivity contribution < 1.29 is 19.1 Å². The molecule has 8 nitrogen and oxygen atoms in total. The van der Waals surface area contributed by atoms with Gasteiger partial charge in [-0.1, -0.05) is 33.5 Å². The fraction of sp³-hybridized carbons (Fsp3) is 0.714. The van der Waals surface area contributed by atoms with E-state index >= 15 is 0 Å². The Balaban J connectivity index is 2.49. The predicted octanol–water partition coefficient (Wildman–Crippen LogP) is 4.59. The van der Waals surface area contributed by atoms with Crippen LogP contribution < -0.4 is 5.32 Å². The maximum atomic E-state index is 13.1. The highest BCUT2D eigenvalue weighted by Gasteiger charge is 2.48. The molecule has 0 fully saturated rings. The summed E-state index contributed by atoms with van der Waals surface area (Å²) in [5.74, 6) is -0.0860. The first-order chi connectivity index (χ1) is 13.3. The second-order valence-electron chi connectivity index (χ2n) is 11.1. The number of carbonyl (C=O) groups excluding carboxylic acids is 3. The van der Waals surface area contributed by atoms with Gasteiger partial charge in [0.25, 0.3) is 0 Å². The van der Waals surface area contributed by atoms with E-state index in [1.54, 1.807) is 4.90 Å². The van der Waals surface area contributed by atoms with Crippen LogP contribution in [0.25, 0.3) is 0 Å². The van der Waals surface area contributed by atoms with Crippen molar-refractivity contribution in [1.29, 1.82) is 0 Å². The van der Waals surface area contributed by atoms with E-state index in [-0.39, 0.29) is 18.4 Å². The molecule has 0 atom stereocenters. The van der Waals surface area contributed by atoms with E-state index in [2.05, 4.69) is 30.1 Å². The first kappa shape index (κ1) is 24.1. The van der Waals surface area contributed by atoms with Crippen molar-refractivity contribution in [3.05, 3.63) is 11.3 Å². The van der Waals surface area contributed by atoms with Crippen molar-refractivity contribution >= 4 is 31.8 Å². The molecule has 0 saturated heterocycles. The summed E-state index contributed by atoms with van der Waals surface area (Å²) < 4.78 is 6.86. The third kappa shape index (κ3) is 4.17. The van der Waals surface area contributed by atoms with Gasteiger partial charge >= 0.3 is 6.09 Å². The number of aromatic nitrogens is 2. The Kier molecular flexibility index (Phi) is 5.80. The summed E-state index contributed by atoms with van der Waals surface area (Å²) in [5, 5.41) is 6.80. The van der Waals surface area contributed by atoms with Gasteiger partial charge in [0.05, 0.1) is 25.9 Å². The number of anilines is 1. The van der Waals surface area contributed by atoms with Crippen LogP contribution in [0.3, 0.4) is 0 Å². The molecule has 0 bridgehead atoms. The lowest BCUT2D eigenvalue weighted by Crippen LogP contribution is -2.45. The van der Waals surface area contributed by atoms with Gasteiger partial charge in [-0.2, -0.15) is 0 Å². The monoisotopic (exact) mass is 436 g/mol. The lowest BCUT2D eigenvalue weighted by molar-refractivity contribution is -0.118. The molecule has 2 heterocycles. The fourth-order valence-corrected chi connectivity index (χ4v) is 4.00. The van der Waals surface area contributed by atoms with Gasteiger partial charge in [0.1, 0.15) is 5.60 Å². The predicted molar refractivity (Wildman–Crippen MR) is 119 cm³/mol. The van der Waals surface area contributed by atoms with Crippen LogP contribution in [0, 0.1) is 0 Å². The molecule has 30 heavy (non-hydrogen) atoms. The SMILES string of the molecule is CC(=O)n1nc(NC(=O)C(C)(C)[Si](C)(C)C)c2c1C(C)(C)N(C(=O)OC(C)(C)C)C2. The summed E-state index contributed by atoms with van der Waals surface area (Å²) in [6.07, 6.45) is -0.474. The van der Waals surface area contributed by atoms with Gasteiger partial charge in [0, 0.05) is 17.5 Å². The molecule has 0 spiro atoms. The number of carbonyl (C=O) groups is 3. The van der Waals surface area contributed by atoms with Crippen LogP contribution >= 0.6 is 0 Å². The van der Waals surface area contributed by atoms with Gasteiger partial charge in [-0.05, 0) is 34.6 Å². The summed E-state index contributed by atoms with van der Waals surface area (Å²) >= 11 is 0. The molecule has 2 rings (SSSR count). The van der Waals surface area contributed by atoms with Crippen LogP contribution in [0.15, 0.2) is 0 Å². The quantitative estimate of drug-likeness (QED) is 0.700. The number of fused-ring (bicyclic) bond motifs is 1. The van der Waals surface area contributed by atoms with Crippen molar-refractivity contribution in [2.75, 3.05) is 5.32 Å². The van der Waals surface area contributed by atoms with Crippen LogP contribution in [-0.2, 0) is 21.6 Å². The largest absolute Gasteiger partial charge is 0.444 e. The Bertz CT molecular complexity index is 888. The summed E-state index contributed by atoms with van der Waals surface area (Å²) in [4.78, 5) is 39.9. The Hall–Kier alpha value is -2.16. The van der Waals surface area contributed by atoms with Crippen molar-refractivity contribution in [3.8, 4) is 0 Å². The van der Waals surface area contributed by atoms with E-state index < -0.39 is 30.3 Å². The lowest BCUT2D eigenvalue weighted by atomic mass is 10.0. The molecule has 0 radical (unpaired) electrons. The smallest absolute Gasteiger partial charge is 0.411 e. The second-order valence-corrected chi connectivity index (χ2v) is 16.8. The van der Waals surface area contributed by atoms with Gasteiger partial charge < -0.3 is 10.1 Å². The second kappa shape index (κ2) is 7.21. The van der Waals surface area contributed by atoms with Crippen molar-refractivity contribution in [2.24, 2.45) is 0 Å². The topological polar surface area (TPSA) is 93.5 Å². The number of hydrogen-bond donors (Lipinski definition) is 1. The molecule has 1 aliphatic heterocycles. The Morgan fingerprint density at radius 1 is 1.10 bits per heavy atom. The van der Waals surface area contributed by atoms with E-state index in [1.807, 2.05) is 48.5 Å². The average Bonchev–Trinajstić information content (AvgIpc) is 3.01. The lowest BCUT2D eigenvalue weighted by Gasteiger charge is -2.35. The van der Waals surface area contributed by atoms with Crippen LogP contribution in [-0.4, -0.2) is 46.3 Å². The van der Waals surface area contributed by atoms with Crippen LogP contribution in [0.1, 0.15) is 71.4 Å². The van der Waals surface area contributed by atoms with E-state index in [1.165, 1.54) is 11.6 Å². The Morgan fingerprint density at radius 3 is 2.07 bits per heavy atom. The molecule has 9 heteroatoms. The number of nitrogens with one attached hydrogen (secondary N) is 1. The average molecular weight is 437 g/mol. The zero-order valence-corrected chi connectivity index (χ0v) is 21.2. The minimum Gasteiger partial charge on any atom is -0.444 e. The van der Waals surface area contributed by atoms with E-state index in [4.69, 9.17) is 4.74 Å². The molecule has 0 saturated carbocycles. The molecular formula is C21H36N4O4Si. The minimum absolute atomic E-state index is 0.133. The maximum Gasteiger partial charge on any atom is 0.411 e. The molecule has 1 N–H and O–H groups in total. The molecule has 0 aliphatic carbocycles. The third-order valence-electron chi connectivity index (χ3n) is 6.14. The number of ether oxygens (including phenoxy) is 1. The zero-order chi connectivity index (χ0) is 23.4. The normalized spacial score (nSPS) is 16.3. The highest BCUT2D eigenvalue weighted by atomic mass is 28.3. The van der Waals surface area contributed by atoms with Crippen molar-refractivity contribution in [1.82, 2.24) is 14.7 Å². The number of rotatable bonds is 3. The Labute approximate surface area is 180 Å². The van der Waals surface area contributed by atoms with E-state index in [0.29, 0.717) is 17.1 Å². The Morgan fingerprint density at radius 2 is 1.63 bits per heavy atom. The van der Waals surface area contributed by atoms with Gasteiger partial charge in [-0.15, -0.1) is 5.10 Å². The van der Waals surface area contributed by atoms with Crippen LogP contribution in [0.2, 0.25) is 24.7 Å². The molecule has 0 aromatic carbocycles. The van der Waals surface area contributed by atoms with E-state index in [9.17, 15) is 14.4 Å². The van der Waals surface area contributed by atoms with Crippen molar-refractivity contribution in [3.63, 3.8) is 0 Å². The van der Waals surface area contributed by atoms with Gasteiger partial charge in [-0.3, -0.25) is 14.5 Å². The third-order valence-corrected chi connectivity index (χ3v) is 10.1. The van der Waals surface area contributed by atoms with Crippen LogP contribution in [0.5, 0.6) is 0 Å². The molecule has 168 valence electrons. The van der Waals surface area contributed by atoms with Crippen LogP contribution in [0.4, 0.5) is 10.6 Å². The number of hydrogen-bond acceptors (Lipinski definition) is 5. The highest BCUT2D eigenvalue weighted by molar-refractivity contribution is 6.82. The summed E-state index contributed by atoms with van der Waals surface area (Å²) in [5.41, 5.74) is -0.205. The molecule has 1 aromatic heterocycles. The maximum absolute atomic E-state index is 13.1. The standard InChI is InChI=1S/C21H36N4O4Si/c1-13(26)25-15-14(12-24(20(15,5)6)18(28)29-19(2,3)4)16(23-25)22-17(27)21(7,8)30(9,10)11/h12H2,1-11H3,(H,22,23,27). The first-order valence-corrected chi connectivity index (χ1v) is 13.8. The first-order valence-electron chi connectivity index (χ1n) is 10.3. The molecule has 0 unspecified atom stereocenters. The van der Waals surface area contributed by atoms with Gasteiger partial charge in [-0.25, -0.2) is 9.48 Å². The minimum atomic E-state index is -1.83. The summed E-state index contributed by atoms with van der Waals surface area (Å²) in [6.45, 7) is 21.0. The highest BCUT2D eigenvalue weighted by Crippen LogP contribution is 2.44. The molecule has 2 amide bonds. The number of nitrogens with zero attached hydrogens (tertiary/aromatic N) is 3.